The maximum atomic E-state index is 11.7. The zero-order valence-electron chi connectivity index (χ0n) is 11.4. The molecule has 1 aromatic rings. The molecule has 0 aliphatic carbocycles. The molecule has 0 aliphatic heterocycles. The number of methoxy groups -OCH3 is 1. The van der Waals surface area contributed by atoms with Crippen molar-refractivity contribution in [1.29, 1.82) is 0 Å². The first-order valence-corrected chi connectivity index (χ1v) is 6.30. The normalized spacial score (nSPS) is 11.9. The van der Waals surface area contributed by atoms with E-state index in [4.69, 9.17) is 14.6 Å². The number of carbonyl (C=O) groups is 1. The molecule has 0 aromatic heterocycles. The average Bonchev–Trinajstić information content (AvgIpc) is 2.41. The van der Waals surface area contributed by atoms with Crippen LogP contribution < -0.4 is 10.1 Å². The largest absolute Gasteiger partial charge is 0.481 e. The first-order chi connectivity index (χ1) is 9.17. The van der Waals surface area contributed by atoms with E-state index in [0.717, 1.165) is 5.56 Å². The Morgan fingerprint density at radius 3 is 2.63 bits per heavy atom. The summed E-state index contributed by atoms with van der Waals surface area (Å²) in [5, 5.41) is 11.5. The maximum Gasteiger partial charge on any atom is 0.260 e. The minimum absolute atomic E-state index is 0.124. The Kier molecular flexibility index (Phi) is 6.92. The van der Waals surface area contributed by atoms with Crippen LogP contribution in [0.5, 0.6) is 5.75 Å². The van der Waals surface area contributed by atoms with Gasteiger partial charge in [-0.05, 0) is 31.0 Å². The quantitative estimate of drug-likeness (QED) is 0.682. The first-order valence-electron chi connectivity index (χ1n) is 6.30. The lowest BCUT2D eigenvalue weighted by Gasteiger charge is -2.14. The highest BCUT2D eigenvalue weighted by atomic mass is 16.5. The summed E-state index contributed by atoms with van der Waals surface area (Å²) in [6, 6.07) is 7.34. The van der Waals surface area contributed by atoms with Gasteiger partial charge < -0.3 is 19.9 Å². The second kappa shape index (κ2) is 8.50. The van der Waals surface area contributed by atoms with Gasteiger partial charge in [0, 0.05) is 20.3 Å². The molecule has 0 radical (unpaired) electrons. The van der Waals surface area contributed by atoms with Crippen LogP contribution in [-0.4, -0.2) is 44.0 Å². The lowest BCUT2D eigenvalue weighted by Crippen LogP contribution is -2.37. The van der Waals surface area contributed by atoms with Crippen LogP contribution in [0.4, 0.5) is 0 Å². The molecule has 19 heavy (non-hydrogen) atoms. The van der Waals surface area contributed by atoms with Gasteiger partial charge in [-0.2, -0.15) is 0 Å². The molecule has 1 atom stereocenters. The Balaban J connectivity index is 2.42. The molecule has 0 saturated heterocycles. The number of ether oxygens (including phenoxy) is 2. The van der Waals surface area contributed by atoms with Gasteiger partial charge in [-0.1, -0.05) is 12.1 Å². The van der Waals surface area contributed by atoms with Gasteiger partial charge in [-0.15, -0.1) is 0 Å². The standard InChI is InChI=1S/C14H21NO4/c1-11(14(17)15-8-10-18-2)19-13-5-3-12(4-6-13)7-9-16/h3-6,11,16H,7-10H2,1-2H3,(H,15,17). The van der Waals surface area contributed by atoms with Gasteiger partial charge in [0.15, 0.2) is 6.10 Å². The highest BCUT2D eigenvalue weighted by molar-refractivity contribution is 5.80. The molecule has 1 unspecified atom stereocenters. The lowest BCUT2D eigenvalue weighted by molar-refractivity contribution is -0.127. The summed E-state index contributed by atoms with van der Waals surface area (Å²) < 4.78 is 10.4. The SMILES string of the molecule is COCCNC(=O)C(C)Oc1ccc(CCO)cc1. The molecular weight excluding hydrogens is 246 g/mol. The third kappa shape index (κ3) is 5.72. The van der Waals surface area contributed by atoms with Crippen molar-refractivity contribution in [2.75, 3.05) is 26.9 Å². The molecule has 1 aromatic carbocycles. The van der Waals surface area contributed by atoms with Crippen LogP contribution in [0.1, 0.15) is 12.5 Å². The number of hydrogen-bond donors (Lipinski definition) is 2. The molecule has 1 amide bonds. The van der Waals surface area contributed by atoms with Crippen molar-refractivity contribution in [2.24, 2.45) is 0 Å². The van der Waals surface area contributed by atoms with Crippen molar-refractivity contribution >= 4 is 5.91 Å². The van der Waals surface area contributed by atoms with Crippen molar-refractivity contribution in [1.82, 2.24) is 5.32 Å². The Morgan fingerprint density at radius 1 is 1.37 bits per heavy atom. The van der Waals surface area contributed by atoms with E-state index in [1.54, 1.807) is 26.2 Å². The average molecular weight is 267 g/mol. The molecule has 5 nitrogen and oxygen atoms in total. The monoisotopic (exact) mass is 267 g/mol. The molecule has 0 bridgehead atoms. The van der Waals surface area contributed by atoms with Crippen LogP contribution >= 0.6 is 0 Å². The molecule has 0 aliphatic rings. The van der Waals surface area contributed by atoms with Crippen molar-refractivity contribution in [3.63, 3.8) is 0 Å². The van der Waals surface area contributed by atoms with Crippen LogP contribution in [0.15, 0.2) is 24.3 Å². The van der Waals surface area contributed by atoms with Crippen LogP contribution in [0.25, 0.3) is 0 Å². The zero-order chi connectivity index (χ0) is 14.1. The van der Waals surface area contributed by atoms with Gasteiger partial charge in [0.05, 0.1) is 6.61 Å². The van der Waals surface area contributed by atoms with Gasteiger partial charge in [0.2, 0.25) is 0 Å². The topological polar surface area (TPSA) is 67.8 Å². The van der Waals surface area contributed by atoms with E-state index in [-0.39, 0.29) is 12.5 Å². The summed E-state index contributed by atoms with van der Waals surface area (Å²) in [7, 11) is 1.58. The third-order valence-corrected chi connectivity index (χ3v) is 2.61. The number of aliphatic hydroxyl groups excluding tert-OH is 1. The van der Waals surface area contributed by atoms with Gasteiger partial charge in [-0.3, -0.25) is 4.79 Å². The number of carbonyl (C=O) groups excluding carboxylic acids is 1. The number of benzene rings is 1. The first kappa shape index (κ1) is 15.5. The van der Waals surface area contributed by atoms with Crippen LogP contribution in [0, 0.1) is 0 Å². The zero-order valence-corrected chi connectivity index (χ0v) is 11.4. The number of amides is 1. The second-order valence-corrected chi connectivity index (χ2v) is 4.16. The molecule has 5 heteroatoms. The lowest BCUT2D eigenvalue weighted by atomic mass is 10.1. The molecule has 0 fully saturated rings. The molecule has 0 spiro atoms. The van der Waals surface area contributed by atoms with E-state index in [2.05, 4.69) is 5.32 Å². The fourth-order valence-electron chi connectivity index (χ4n) is 1.54. The number of rotatable bonds is 8. The Labute approximate surface area is 113 Å². The van der Waals surface area contributed by atoms with E-state index in [9.17, 15) is 4.79 Å². The Bertz CT molecular complexity index is 378. The van der Waals surface area contributed by atoms with E-state index < -0.39 is 6.10 Å². The molecule has 0 heterocycles. The van der Waals surface area contributed by atoms with Crippen LogP contribution in [0.2, 0.25) is 0 Å². The molecule has 106 valence electrons. The summed E-state index contributed by atoms with van der Waals surface area (Å²) in [6.07, 6.45) is 0.0633. The van der Waals surface area contributed by atoms with Gasteiger partial charge in [0.25, 0.3) is 5.91 Å². The summed E-state index contributed by atoms with van der Waals surface area (Å²) in [4.78, 5) is 11.7. The smallest absolute Gasteiger partial charge is 0.260 e. The summed E-state index contributed by atoms with van der Waals surface area (Å²) >= 11 is 0. The van der Waals surface area contributed by atoms with Gasteiger partial charge in [0.1, 0.15) is 5.75 Å². The predicted molar refractivity (Wildman–Crippen MR) is 72.2 cm³/mol. The van der Waals surface area contributed by atoms with Crippen molar-refractivity contribution < 1.29 is 19.4 Å². The van der Waals surface area contributed by atoms with Gasteiger partial charge >= 0.3 is 0 Å². The minimum Gasteiger partial charge on any atom is -0.481 e. The number of hydrogen-bond acceptors (Lipinski definition) is 4. The summed E-state index contributed by atoms with van der Waals surface area (Å²) in [5.41, 5.74) is 1.03. The highest BCUT2D eigenvalue weighted by Crippen LogP contribution is 2.14. The summed E-state index contributed by atoms with van der Waals surface area (Å²) in [5.74, 6) is 0.465. The van der Waals surface area contributed by atoms with Crippen LogP contribution in [0.3, 0.4) is 0 Å². The molecule has 0 saturated carbocycles. The van der Waals surface area contributed by atoms with Crippen molar-refractivity contribution in [2.45, 2.75) is 19.4 Å². The molecule has 2 N–H and O–H groups in total. The maximum absolute atomic E-state index is 11.7. The van der Waals surface area contributed by atoms with E-state index in [1.165, 1.54) is 0 Å². The highest BCUT2D eigenvalue weighted by Gasteiger charge is 2.13. The van der Waals surface area contributed by atoms with E-state index >= 15 is 0 Å². The number of aliphatic hydroxyl groups is 1. The molecular formula is C14H21NO4. The van der Waals surface area contributed by atoms with Crippen LogP contribution in [-0.2, 0) is 16.0 Å². The minimum atomic E-state index is -0.555. The summed E-state index contributed by atoms with van der Waals surface area (Å²) in [6.45, 7) is 2.77. The van der Waals surface area contributed by atoms with E-state index in [1.807, 2.05) is 12.1 Å². The Morgan fingerprint density at radius 2 is 2.05 bits per heavy atom. The van der Waals surface area contributed by atoms with E-state index in [0.29, 0.717) is 25.3 Å². The number of nitrogens with one attached hydrogen (secondary N) is 1. The second-order valence-electron chi connectivity index (χ2n) is 4.16. The Hall–Kier alpha value is -1.59. The van der Waals surface area contributed by atoms with Gasteiger partial charge in [-0.25, -0.2) is 0 Å². The van der Waals surface area contributed by atoms with Crippen molar-refractivity contribution in [3.05, 3.63) is 29.8 Å². The van der Waals surface area contributed by atoms with Crippen molar-refractivity contribution in [3.8, 4) is 5.75 Å². The fourth-order valence-corrected chi connectivity index (χ4v) is 1.54. The predicted octanol–water partition coefficient (Wildman–Crippen LogP) is 0.751. The molecule has 1 rings (SSSR count). The third-order valence-electron chi connectivity index (χ3n) is 2.61. The fraction of sp³-hybridized carbons (Fsp3) is 0.500.